The van der Waals surface area contributed by atoms with Gasteiger partial charge in [0.25, 0.3) is 0 Å². The Labute approximate surface area is 127 Å². The average Bonchev–Trinajstić information content (AvgIpc) is 2.37. The van der Waals surface area contributed by atoms with Gasteiger partial charge in [-0.25, -0.2) is 13.1 Å². The van der Waals surface area contributed by atoms with Crippen molar-refractivity contribution in [3.05, 3.63) is 0 Å². The number of nitrogens with two attached hydrogens (primary N) is 1. The molecule has 2 bridgehead atoms. The molecule has 2 aliphatic rings. The van der Waals surface area contributed by atoms with Crippen LogP contribution in [-0.2, 0) is 14.8 Å². The number of carbonyl (C=O) groups excluding carboxylic acids is 1. The molecule has 1 amide bonds. The molecule has 0 aromatic carbocycles. The summed E-state index contributed by atoms with van der Waals surface area (Å²) in [4.78, 5) is 13.2. The van der Waals surface area contributed by atoms with Crippen molar-refractivity contribution in [2.45, 2.75) is 56.4 Å². The number of sulfonamides is 1. The van der Waals surface area contributed by atoms with Gasteiger partial charge in [-0.2, -0.15) is 0 Å². The van der Waals surface area contributed by atoms with Gasteiger partial charge in [0.05, 0.1) is 0 Å². The number of amides is 1. The molecule has 2 fully saturated rings. The Kier molecular flexibility index (Phi) is 4.95. The molecule has 21 heavy (non-hydrogen) atoms. The fourth-order valence-electron chi connectivity index (χ4n) is 3.77. The lowest BCUT2D eigenvalue weighted by atomic mass is 9.67. The van der Waals surface area contributed by atoms with E-state index in [1.54, 1.807) is 14.1 Å². The lowest BCUT2D eigenvalue weighted by Crippen LogP contribution is -2.56. The molecule has 0 spiro atoms. The summed E-state index contributed by atoms with van der Waals surface area (Å²) in [5.41, 5.74) is 6.06. The summed E-state index contributed by atoms with van der Waals surface area (Å²) >= 11 is 0. The molecule has 2 saturated carbocycles. The third-order valence-corrected chi connectivity index (χ3v) is 6.66. The van der Waals surface area contributed by atoms with Crippen LogP contribution in [0.4, 0.5) is 0 Å². The monoisotopic (exact) mass is 317 g/mol. The largest absolute Gasteiger partial charge is 0.348 e. The molecule has 0 aliphatic heterocycles. The number of nitrogens with one attached hydrogen (secondary N) is 1. The first-order valence-electron chi connectivity index (χ1n) is 7.70. The number of rotatable bonds is 4. The van der Waals surface area contributed by atoms with Gasteiger partial charge in [0.1, 0.15) is 0 Å². The Balaban J connectivity index is 2.11. The molecule has 2 aliphatic carbocycles. The van der Waals surface area contributed by atoms with E-state index in [4.69, 9.17) is 5.73 Å². The summed E-state index contributed by atoms with van der Waals surface area (Å²) in [6.45, 7) is 1.45. The van der Waals surface area contributed by atoms with Crippen molar-refractivity contribution in [3.63, 3.8) is 0 Å². The van der Waals surface area contributed by atoms with E-state index in [1.807, 2.05) is 0 Å². The van der Waals surface area contributed by atoms with E-state index >= 15 is 0 Å². The van der Waals surface area contributed by atoms with Crippen molar-refractivity contribution < 1.29 is 13.2 Å². The molecule has 2 rings (SSSR count). The van der Waals surface area contributed by atoms with E-state index in [1.165, 1.54) is 11.8 Å². The van der Waals surface area contributed by atoms with Gasteiger partial charge >= 0.3 is 0 Å². The van der Waals surface area contributed by atoms with Crippen molar-refractivity contribution >= 4 is 15.9 Å². The Hall–Kier alpha value is -0.660. The fraction of sp³-hybridized carbons (Fsp3) is 0.929. The Morgan fingerprint density at radius 1 is 1.24 bits per heavy atom. The predicted octanol–water partition coefficient (Wildman–Crippen LogP) is 0.289. The van der Waals surface area contributed by atoms with Crippen molar-refractivity contribution in [3.8, 4) is 0 Å². The van der Waals surface area contributed by atoms with Crippen molar-refractivity contribution in [2.24, 2.45) is 17.6 Å². The van der Waals surface area contributed by atoms with Crippen LogP contribution in [0.2, 0.25) is 0 Å². The average molecular weight is 317 g/mol. The SMILES string of the molecule is CC(C(=O)N(C)C)S(=O)(=O)NC1C2CCCC1CC(N)C2. The summed E-state index contributed by atoms with van der Waals surface area (Å²) in [6.07, 6.45) is 4.94. The van der Waals surface area contributed by atoms with E-state index in [2.05, 4.69) is 4.72 Å². The summed E-state index contributed by atoms with van der Waals surface area (Å²) in [6, 6.07) is 0.128. The molecule has 0 aromatic heterocycles. The van der Waals surface area contributed by atoms with Gasteiger partial charge in [0.2, 0.25) is 15.9 Å². The van der Waals surface area contributed by atoms with Crippen LogP contribution in [0.3, 0.4) is 0 Å². The van der Waals surface area contributed by atoms with Gasteiger partial charge in [0, 0.05) is 26.2 Å². The van der Waals surface area contributed by atoms with Crippen molar-refractivity contribution in [1.82, 2.24) is 9.62 Å². The minimum absolute atomic E-state index is 0.0547. The van der Waals surface area contributed by atoms with Gasteiger partial charge in [-0.15, -0.1) is 0 Å². The number of hydrogen-bond acceptors (Lipinski definition) is 4. The van der Waals surface area contributed by atoms with Gasteiger partial charge in [-0.3, -0.25) is 4.79 Å². The van der Waals surface area contributed by atoms with Gasteiger partial charge < -0.3 is 10.6 Å². The van der Waals surface area contributed by atoms with Crippen molar-refractivity contribution in [1.29, 1.82) is 0 Å². The maximum Gasteiger partial charge on any atom is 0.241 e. The first-order chi connectivity index (χ1) is 9.72. The van der Waals surface area contributed by atoms with Crippen LogP contribution in [0.25, 0.3) is 0 Å². The Morgan fingerprint density at radius 2 is 1.76 bits per heavy atom. The molecule has 6 nitrogen and oxygen atoms in total. The third-order valence-electron chi connectivity index (χ3n) is 4.93. The molecule has 0 radical (unpaired) electrons. The molecule has 0 heterocycles. The highest BCUT2D eigenvalue weighted by Crippen LogP contribution is 2.40. The van der Waals surface area contributed by atoms with Gasteiger partial charge in [-0.05, 0) is 44.4 Å². The zero-order valence-corrected chi connectivity index (χ0v) is 13.9. The molecule has 0 aromatic rings. The fourth-order valence-corrected chi connectivity index (χ4v) is 5.21. The molecule has 3 atom stereocenters. The molecule has 7 heteroatoms. The lowest BCUT2D eigenvalue weighted by Gasteiger charge is -2.45. The smallest absolute Gasteiger partial charge is 0.241 e. The summed E-state index contributed by atoms with van der Waals surface area (Å²) in [5, 5.41) is -1.05. The van der Waals surface area contributed by atoms with Crippen LogP contribution >= 0.6 is 0 Å². The predicted molar refractivity (Wildman–Crippen MR) is 82.0 cm³/mol. The van der Waals surface area contributed by atoms with Crippen LogP contribution in [0.15, 0.2) is 0 Å². The first-order valence-corrected chi connectivity index (χ1v) is 9.25. The second kappa shape index (κ2) is 6.22. The van der Waals surface area contributed by atoms with E-state index in [9.17, 15) is 13.2 Å². The minimum Gasteiger partial charge on any atom is -0.348 e. The highest BCUT2D eigenvalue weighted by molar-refractivity contribution is 7.90. The second-order valence-corrected chi connectivity index (χ2v) is 8.78. The standard InChI is InChI=1S/C14H27N3O3S/c1-9(14(18)17(2)3)21(19,20)16-13-10-5-4-6-11(13)8-12(15)7-10/h9-13,16H,4-8,15H2,1-3H3. The maximum absolute atomic E-state index is 12.5. The van der Waals surface area contributed by atoms with E-state index in [-0.39, 0.29) is 18.0 Å². The number of fused-ring (bicyclic) bond motifs is 2. The van der Waals surface area contributed by atoms with E-state index in [0.29, 0.717) is 11.8 Å². The highest BCUT2D eigenvalue weighted by atomic mass is 32.2. The van der Waals surface area contributed by atoms with Gasteiger partial charge in [-0.1, -0.05) is 6.42 Å². The maximum atomic E-state index is 12.5. The first kappa shape index (κ1) is 16.7. The van der Waals surface area contributed by atoms with E-state index < -0.39 is 15.3 Å². The van der Waals surface area contributed by atoms with Crippen LogP contribution in [-0.4, -0.2) is 50.7 Å². The minimum atomic E-state index is -3.65. The quantitative estimate of drug-likeness (QED) is 0.779. The molecule has 3 unspecified atom stereocenters. The number of nitrogens with zero attached hydrogens (tertiary/aromatic N) is 1. The Morgan fingerprint density at radius 3 is 2.24 bits per heavy atom. The third kappa shape index (κ3) is 3.57. The normalized spacial score (nSPS) is 34.3. The van der Waals surface area contributed by atoms with Crippen LogP contribution in [0.5, 0.6) is 0 Å². The van der Waals surface area contributed by atoms with Crippen LogP contribution in [0.1, 0.15) is 39.0 Å². The summed E-state index contributed by atoms with van der Waals surface area (Å²) in [5.74, 6) is 0.230. The zero-order valence-electron chi connectivity index (χ0n) is 13.1. The summed E-state index contributed by atoms with van der Waals surface area (Å²) in [7, 11) is -0.501. The number of hydrogen-bond donors (Lipinski definition) is 2. The molecular formula is C14H27N3O3S. The van der Waals surface area contributed by atoms with Crippen LogP contribution in [0, 0.1) is 11.8 Å². The van der Waals surface area contributed by atoms with Crippen LogP contribution < -0.4 is 10.5 Å². The number of carbonyl (C=O) groups is 1. The molecule has 122 valence electrons. The highest BCUT2D eigenvalue weighted by Gasteiger charge is 2.42. The van der Waals surface area contributed by atoms with Gasteiger partial charge in [0.15, 0.2) is 5.25 Å². The second-order valence-electron chi connectivity index (χ2n) is 6.75. The van der Waals surface area contributed by atoms with E-state index in [0.717, 1.165) is 32.1 Å². The van der Waals surface area contributed by atoms with Crippen molar-refractivity contribution in [2.75, 3.05) is 14.1 Å². The lowest BCUT2D eigenvalue weighted by molar-refractivity contribution is -0.127. The Bertz CT molecular complexity index is 478. The topological polar surface area (TPSA) is 92.5 Å². The zero-order chi connectivity index (χ0) is 15.8. The molecule has 3 N–H and O–H groups in total. The summed E-state index contributed by atoms with van der Waals surface area (Å²) < 4.78 is 27.8. The molecule has 0 saturated heterocycles. The molecular weight excluding hydrogens is 290 g/mol.